The van der Waals surface area contributed by atoms with Crippen molar-refractivity contribution in [3.63, 3.8) is 0 Å². The van der Waals surface area contributed by atoms with E-state index >= 15 is 0 Å². The number of amides is 1. The van der Waals surface area contributed by atoms with E-state index in [1.807, 2.05) is 42.5 Å². The molecule has 0 unspecified atom stereocenters. The Morgan fingerprint density at radius 3 is 2.39 bits per heavy atom. The molecule has 0 heterocycles. The van der Waals surface area contributed by atoms with Gasteiger partial charge in [0.05, 0.1) is 10.0 Å². The molecule has 0 aromatic heterocycles. The fourth-order valence-electron chi connectivity index (χ4n) is 2.99. The highest BCUT2D eigenvalue weighted by Gasteiger charge is 2.22. The number of nitrogens with zero attached hydrogens (tertiary/aromatic N) is 2. The van der Waals surface area contributed by atoms with Crippen molar-refractivity contribution >= 4 is 59.0 Å². The minimum atomic E-state index is -0.160. The Balaban J connectivity index is 0.00000480. The lowest BCUT2D eigenvalue weighted by Crippen LogP contribution is -2.44. The van der Waals surface area contributed by atoms with Gasteiger partial charge in [-0.25, -0.2) is 0 Å². The SMILES string of the molecule is CN=C(NCCc1cccc(C(=O)N(C)C)c1)NCC(C)(C)c1ccc(Cl)c(Cl)c1.I. The number of benzene rings is 2. The fourth-order valence-corrected chi connectivity index (χ4v) is 3.29. The van der Waals surface area contributed by atoms with E-state index in [0.29, 0.717) is 28.7 Å². The Hall–Kier alpha value is -1.51. The molecule has 0 saturated heterocycles. The highest BCUT2D eigenvalue weighted by Crippen LogP contribution is 2.29. The van der Waals surface area contributed by atoms with Crippen molar-refractivity contribution in [2.75, 3.05) is 34.2 Å². The van der Waals surface area contributed by atoms with Crippen LogP contribution in [0, 0.1) is 0 Å². The van der Waals surface area contributed by atoms with Crippen LogP contribution in [0.1, 0.15) is 35.3 Å². The van der Waals surface area contributed by atoms with Gasteiger partial charge in [0.1, 0.15) is 0 Å². The zero-order valence-corrected chi connectivity index (χ0v) is 22.5. The number of halogens is 3. The molecule has 8 heteroatoms. The maximum absolute atomic E-state index is 12.1. The second-order valence-corrected chi connectivity index (χ2v) is 8.83. The molecule has 2 aromatic rings. The molecule has 0 aliphatic carbocycles. The second kappa shape index (κ2) is 12.5. The third-order valence-electron chi connectivity index (χ3n) is 4.91. The minimum Gasteiger partial charge on any atom is -0.356 e. The van der Waals surface area contributed by atoms with Gasteiger partial charge in [-0.2, -0.15) is 0 Å². The number of rotatable bonds is 7. The van der Waals surface area contributed by atoms with Crippen LogP contribution in [-0.2, 0) is 11.8 Å². The minimum absolute atomic E-state index is 0. The summed E-state index contributed by atoms with van der Waals surface area (Å²) in [5.41, 5.74) is 2.74. The summed E-state index contributed by atoms with van der Waals surface area (Å²) in [6, 6.07) is 13.4. The number of carbonyl (C=O) groups excluding carboxylic acids is 1. The lowest BCUT2D eigenvalue weighted by molar-refractivity contribution is 0.0827. The molecule has 0 spiro atoms. The predicted molar refractivity (Wildman–Crippen MR) is 142 cm³/mol. The normalized spacial score (nSPS) is 11.5. The molecular weight excluding hydrogens is 546 g/mol. The van der Waals surface area contributed by atoms with Gasteiger partial charge in [-0.05, 0) is 41.8 Å². The second-order valence-electron chi connectivity index (χ2n) is 8.02. The van der Waals surface area contributed by atoms with Gasteiger partial charge in [-0.1, -0.05) is 55.2 Å². The van der Waals surface area contributed by atoms with Gasteiger partial charge in [-0.15, -0.1) is 24.0 Å². The highest BCUT2D eigenvalue weighted by molar-refractivity contribution is 14.0. The molecule has 0 radical (unpaired) electrons. The quantitative estimate of drug-likeness (QED) is 0.277. The van der Waals surface area contributed by atoms with Crippen molar-refractivity contribution in [3.8, 4) is 0 Å². The van der Waals surface area contributed by atoms with Gasteiger partial charge >= 0.3 is 0 Å². The third-order valence-corrected chi connectivity index (χ3v) is 5.65. The van der Waals surface area contributed by atoms with Crippen molar-refractivity contribution in [3.05, 3.63) is 69.2 Å². The van der Waals surface area contributed by atoms with Crippen LogP contribution < -0.4 is 10.6 Å². The molecule has 0 aliphatic heterocycles. The maximum atomic E-state index is 12.1. The first-order valence-corrected chi connectivity index (χ1v) is 10.6. The van der Waals surface area contributed by atoms with Crippen LogP contribution in [0.15, 0.2) is 47.5 Å². The van der Waals surface area contributed by atoms with Crippen LogP contribution in [0.4, 0.5) is 0 Å². The van der Waals surface area contributed by atoms with Crippen LogP contribution >= 0.6 is 47.2 Å². The molecule has 0 bridgehead atoms. The van der Waals surface area contributed by atoms with Crippen molar-refractivity contribution in [1.82, 2.24) is 15.5 Å². The number of hydrogen-bond acceptors (Lipinski definition) is 2. The van der Waals surface area contributed by atoms with E-state index in [4.69, 9.17) is 23.2 Å². The molecule has 2 N–H and O–H groups in total. The number of aliphatic imine (C=N–C) groups is 1. The van der Waals surface area contributed by atoms with Gasteiger partial charge in [-0.3, -0.25) is 9.79 Å². The lowest BCUT2D eigenvalue weighted by Gasteiger charge is -2.27. The molecule has 2 aromatic carbocycles. The standard InChI is InChI=1S/C23H30Cl2N4O.HI/c1-23(2,18-9-10-19(24)20(25)14-18)15-28-22(26-3)27-12-11-16-7-6-8-17(13-16)21(30)29(4)5;/h6-10,13-14H,11-12,15H2,1-5H3,(H2,26,27,28);1H. The lowest BCUT2D eigenvalue weighted by atomic mass is 9.84. The first kappa shape index (κ1) is 27.5. The van der Waals surface area contributed by atoms with Crippen LogP contribution in [-0.4, -0.2) is 51.0 Å². The molecule has 5 nitrogen and oxygen atoms in total. The molecule has 0 atom stereocenters. The number of carbonyl (C=O) groups is 1. The van der Waals surface area contributed by atoms with E-state index in [1.54, 1.807) is 26.0 Å². The first-order valence-electron chi connectivity index (χ1n) is 9.84. The van der Waals surface area contributed by atoms with E-state index in [9.17, 15) is 4.79 Å². The average molecular weight is 577 g/mol. The summed E-state index contributed by atoms with van der Waals surface area (Å²) in [6.45, 7) is 5.66. The van der Waals surface area contributed by atoms with E-state index in [2.05, 4.69) is 29.5 Å². The Kier molecular flexibility index (Phi) is 11.1. The fraction of sp³-hybridized carbons (Fsp3) is 0.391. The molecule has 0 aliphatic rings. The molecule has 31 heavy (non-hydrogen) atoms. The van der Waals surface area contributed by atoms with E-state index in [0.717, 1.165) is 23.5 Å². The molecule has 0 fully saturated rings. The van der Waals surface area contributed by atoms with Crippen LogP contribution in [0.3, 0.4) is 0 Å². The summed E-state index contributed by atoms with van der Waals surface area (Å²) in [5, 5.41) is 7.81. The summed E-state index contributed by atoms with van der Waals surface area (Å²) in [5.74, 6) is 0.732. The van der Waals surface area contributed by atoms with E-state index < -0.39 is 0 Å². The van der Waals surface area contributed by atoms with Gasteiger partial charge in [0, 0.05) is 45.2 Å². The van der Waals surface area contributed by atoms with Crippen LogP contribution in [0.5, 0.6) is 0 Å². The highest BCUT2D eigenvalue weighted by atomic mass is 127. The number of hydrogen-bond donors (Lipinski definition) is 2. The largest absolute Gasteiger partial charge is 0.356 e. The Morgan fingerprint density at radius 1 is 1.06 bits per heavy atom. The molecule has 1 amide bonds. The molecule has 2 rings (SSSR count). The summed E-state index contributed by atoms with van der Waals surface area (Å²) >= 11 is 12.2. The Morgan fingerprint density at radius 2 is 1.77 bits per heavy atom. The number of guanidine groups is 1. The Bertz CT molecular complexity index is 916. The number of nitrogens with one attached hydrogen (secondary N) is 2. The van der Waals surface area contributed by atoms with Gasteiger partial charge < -0.3 is 15.5 Å². The van der Waals surface area contributed by atoms with Gasteiger partial charge in [0.25, 0.3) is 5.91 Å². The monoisotopic (exact) mass is 576 g/mol. The summed E-state index contributed by atoms with van der Waals surface area (Å²) in [7, 11) is 5.26. The third kappa shape index (κ3) is 8.16. The molecule has 170 valence electrons. The Labute approximate surface area is 212 Å². The maximum Gasteiger partial charge on any atom is 0.253 e. The van der Waals surface area contributed by atoms with Crippen LogP contribution in [0.25, 0.3) is 0 Å². The van der Waals surface area contributed by atoms with Gasteiger partial charge in [0.15, 0.2) is 5.96 Å². The first-order chi connectivity index (χ1) is 14.1. The smallest absolute Gasteiger partial charge is 0.253 e. The zero-order valence-electron chi connectivity index (χ0n) is 18.6. The van der Waals surface area contributed by atoms with Crippen molar-refractivity contribution < 1.29 is 4.79 Å². The van der Waals surface area contributed by atoms with Crippen molar-refractivity contribution in [2.24, 2.45) is 4.99 Å². The predicted octanol–water partition coefficient (Wildman–Crippen LogP) is 5.00. The summed E-state index contributed by atoms with van der Waals surface area (Å²) < 4.78 is 0. The average Bonchev–Trinajstić information content (AvgIpc) is 2.72. The van der Waals surface area contributed by atoms with Crippen molar-refractivity contribution in [2.45, 2.75) is 25.7 Å². The summed E-state index contributed by atoms with van der Waals surface area (Å²) in [4.78, 5) is 18.0. The van der Waals surface area contributed by atoms with E-state index in [-0.39, 0.29) is 35.3 Å². The van der Waals surface area contributed by atoms with Crippen LogP contribution in [0.2, 0.25) is 10.0 Å². The van der Waals surface area contributed by atoms with Gasteiger partial charge in [0.2, 0.25) is 0 Å². The van der Waals surface area contributed by atoms with E-state index in [1.165, 1.54) is 0 Å². The van der Waals surface area contributed by atoms with Crippen molar-refractivity contribution in [1.29, 1.82) is 0 Å². The topological polar surface area (TPSA) is 56.7 Å². The zero-order chi connectivity index (χ0) is 22.3. The molecule has 0 saturated carbocycles. The molecular formula is C23H31Cl2IN4O. The summed E-state index contributed by atoms with van der Waals surface area (Å²) in [6.07, 6.45) is 0.783.